The minimum absolute atomic E-state index is 0.0524. The normalized spacial score (nSPS) is 25.9. The van der Waals surface area contributed by atoms with Gasteiger partial charge in [-0.05, 0) is 41.1 Å². The number of likely N-dealkylation sites (tertiary alicyclic amines) is 1. The number of hydrogen-bond donors (Lipinski definition) is 2. The number of terminal acetylenes is 1. The average Bonchev–Trinajstić information content (AvgIpc) is 3.02. The van der Waals surface area contributed by atoms with Crippen molar-refractivity contribution in [3.8, 4) is 12.3 Å². The van der Waals surface area contributed by atoms with E-state index in [2.05, 4.69) is 11.2 Å². The molecule has 2 rings (SSSR count). The monoisotopic (exact) mass is 475 g/mol. The first kappa shape index (κ1) is 26.4. The van der Waals surface area contributed by atoms with Gasteiger partial charge in [0.05, 0.1) is 6.04 Å². The van der Waals surface area contributed by atoms with Crippen LogP contribution in [0.5, 0.6) is 0 Å². The number of nitrogens with zero attached hydrogens (tertiary/aromatic N) is 1. The Morgan fingerprint density at radius 1 is 1.22 bits per heavy atom. The van der Waals surface area contributed by atoms with Gasteiger partial charge in [0.2, 0.25) is 11.8 Å². The standard InChI is InChI=1S/C22H32F3N3O3S/c1-8-12(9-10-32-7)26-17(29)15-14-13(21(14,5)6)11-28(15)18(30)16(20(2,3)4)27-19(31)22(23,24)25/h1,12-16H,9-11H2,2-7H3,(H,26,29)(H,27,31)/t12-,13+,14+,15+,16-/m1/s1. The van der Waals surface area contributed by atoms with Gasteiger partial charge in [0.15, 0.2) is 0 Å². The second-order valence-corrected chi connectivity index (χ2v) is 11.2. The van der Waals surface area contributed by atoms with Crippen molar-refractivity contribution < 1.29 is 27.6 Å². The molecule has 0 radical (unpaired) electrons. The third-order valence-electron chi connectivity index (χ3n) is 6.53. The first-order valence-corrected chi connectivity index (χ1v) is 11.9. The van der Waals surface area contributed by atoms with E-state index in [-0.39, 0.29) is 23.8 Å². The molecule has 10 heteroatoms. The SMILES string of the molecule is C#C[C@H](CCSC)NC(=O)[C@@H]1[C@@H]2[C@H](CN1C(=O)[C@@H](NC(=O)C(F)(F)F)C(C)(C)C)C2(C)C. The lowest BCUT2D eigenvalue weighted by Crippen LogP contribution is -2.61. The van der Waals surface area contributed by atoms with Gasteiger partial charge in [-0.1, -0.05) is 40.5 Å². The maximum absolute atomic E-state index is 13.4. The number of thioether (sulfide) groups is 1. The highest BCUT2D eigenvalue weighted by Gasteiger charge is 2.69. The minimum atomic E-state index is -5.12. The van der Waals surface area contributed by atoms with Gasteiger partial charge in [-0.25, -0.2) is 0 Å². The first-order valence-electron chi connectivity index (χ1n) is 10.5. The van der Waals surface area contributed by atoms with Crippen LogP contribution in [0, 0.1) is 35.0 Å². The Kier molecular flexibility index (Phi) is 7.55. The molecule has 32 heavy (non-hydrogen) atoms. The van der Waals surface area contributed by atoms with Crippen LogP contribution in [0.1, 0.15) is 41.0 Å². The molecule has 0 aromatic heterocycles. The molecule has 1 heterocycles. The van der Waals surface area contributed by atoms with Gasteiger partial charge in [0.25, 0.3) is 0 Å². The molecule has 1 aliphatic carbocycles. The van der Waals surface area contributed by atoms with Crippen LogP contribution in [0.25, 0.3) is 0 Å². The zero-order valence-corrected chi connectivity index (χ0v) is 20.1. The highest BCUT2D eigenvalue weighted by atomic mass is 32.2. The predicted octanol–water partition coefficient (Wildman–Crippen LogP) is 2.43. The van der Waals surface area contributed by atoms with Crippen LogP contribution in [-0.2, 0) is 14.4 Å². The molecule has 1 aliphatic heterocycles. The summed E-state index contributed by atoms with van der Waals surface area (Å²) in [5.74, 6) is -0.0611. The van der Waals surface area contributed by atoms with Gasteiger partial charge in [0.1, 0.15) is 12.1 Å². The summed E-state index contributed by atoms with van der Waals surface area (Å²) >= 11 is 1.59. The van der Waals surface area contributed by atoms with E-state index >= 15 is 0 Å². The van der Waals surface area contributed by atoms with Gasteiger partial charge in [-0.15, -0.1) is 6.42 Å². The fourth-order valence-corrected chi connectivity index (χ4v) is 5.00. The Morgan fingerprint density at radius 3 is 2.28 bits per heavy atom. The molecule has 2 aliphatic rings. The molecule has 0 aromatic carbocycles. The van der Waals surface area contributed by atoms with E-state index in [0.29, 0.717) is 6.42 Å². The molecule has 6 nitrogen and oxygen atoms in total. The lowest BCUT2D eigenvalue weighted by molar-refractivity contribution is -0.176. The van der Waals surface area contributed by atoms with Crippen molar-refractivity contribution in [3.63, 3.8) is 0 Å². The molecule has 1 saturated heterocycles. The van der Waals surface area contributed by atoms with Crippen molar-refractivity contribution >= 4 is 29.5 Å². The Hall–Kier alpha value is -1.89. The summed E-state index contributed by atoms with van der Waals surface area (Å²) in [6, 6.07) is -2.79. The second-order valence-electron chi connectivity index (χ2n) is 10.2. The zero-order valence-electron chi connectivity index (χ0n) is 19.3. The summed E-state index contributed by atoms with van der Waals surface area (Å²) in [4.78, 5) is 39.5. The maximum Gasteiger partial charge on any atom is 0.471 e. The molecule has 5 atom stereocenters. The number of alkyl halides is 3. The Bertz CT molecular complexity index is 801. The van der Waals surface area contributed by atoms with E-state index < -0.39 is 47.4 Å². The molecule has 0 unspecified atom stereocenters. The van der Waals surface area contributed by atoms with Crippen molar-refractivity contribution in [1.29, 1.82) is 0 Å². The minimum Gasteiger partial charge on any atom is -0.341 e. The molecule has 3 amide bonds. The largest absolute Gasteiger partial charge is 0.471 e. The van der Waals surface area contributed by atoms with Gasteiger partial charge in [-0.3, -0.25) is 14.4 Å². The number of halogens is 3. The Labute approximate surface area is 191 Å². The summed E-state index contributed by atoms with van der Waals surface area (Å²) in [6.45, 7) is 8.96. The lowest BCUT2D eigenvalue weighted by Gasteiger charge is -2.37. The molecule has 2 N–H and O–H groups in total. The number of piperidine rings is 1. The molecule has 0 bridgehead atoms. The van der Waals surface area contributed by atoms with E-state index in [0.717, 1.165) is 5.75 Å². The average molecular weight is 476 g/mol. The summed E-state index contributed by atoms with van der Waals surface area (Å²) in [7, 11) is 0. The van der Waals surface area contributed by atoms with E-state index in [1.807, 2.05) is 25.4 Å². The summed E-state index contributed by atoms with van der Waals surface area (Å²) in [5.41, 5.74) is -1.17. The maximum atomic E-state index is 13.4. The van der Waals surface area contributed by atoms with Crippen LogP contribution >= 0.6 is 11.8 Å². The highest BCUT2D eigenvalue weighted by Crippen LogP contribution is 2.65. The molecule has 2 fully saturated rings. The van der Waals surface area contributed by atoms with Crippen LogP contribution in [0.2, 0.25) is 0 Å². The zero-order chi connectivity index (χ0) is 24.6. The highest BCUT2D eigenvalue weighted by molar-refractivity contribution is 7.98. The van der Waals surface area contributed by atoms with Gasteiger partial charge in [-0.2, -0.15) is 24.9 Å². The molecular weight excluding hydrogens is 443 g/mol. The third kappa shape index (κ3) is 5.36. The van der Waals surface area contributed by atoms with E-state index in [1.54, 1.807) is 32.5 Å². The molecule has 1 saturated carbocycles. The fourth-order valence-electron chi connectivity index (χ4n) is 4.53. The lowest BCUT2D eigenvalue weighted by atomic mass is 9.85. The van der Waals surface area contributed by atoms with E-state index in [9.17, 15) is 27.6 Å². The van der Waals surface area contributed by atoms with Crippen molar-refractivity contribution in [2.45, 2.75) is 65.3 Å². The number of rotatable bonds is 7. The van der Waals surface area contributed by atoms with E-state index in [4.69, 9.17) is 6.42 Å². The number of amides is 3. The number of fused-ring (bicyclic) bond motifs is 1. The molecule has 0 spiro atoms. The van der Waals surface area contributed by atoms with Gasteiger partial charge >= 0.3 is 12.1 Å². The number of carbonyl (C=O) groups excluding carboxylic acids is 3. The molecule has 180 valence electrons. The number of carbonyl (C=O) groups is 3. The van der Waals surface area contributed by atoms with Gasteiger partial charge < -0.3 is 15.5 Å². The number of nitrogens with one attached hydrogen (secondary N) is 2. The number of hydrogen-bond acceptors (Lipinski definition) is 4. The fraction of sp³-hybridized carbons (Fsp3) is 0.773. The summed E-state index contributed by atoms with van der Waals surface area (Å²) in [6.07, 6.45) is 2.91. The Balaban J connectivity index is 2.28. The van der Waals surface area contributed by atoms with Crippen LogP contribution in [0.3, 0.4) is 0 Å². The molecular formula is C22H32F3N3O3S. The van der Waals surface area contributed by atoms with Crippen LogP contribution in [0.15, 0.2) is 0 Å². The molecule has 0 aromatic rings. The van der Waals surface area contributed by atoms with Crippen molar-refractivity contribution in [3.05, 3.63) is 0 Å². The van der Waals surface area contributed by atoms with Crippen LogP contribution < -0.4 is 10.6 Å². The second kappa shape index (κ2) is 9.16. The van der Waals surface area contributed by atoms with Gasteiger partial charge in [0, 0.05) is 6.54 Å². The summed E-state index contributed by atoms with van der Waals surface area (Å²) in [5, 5.41) is 4.66. The van der Waals surface area contributed by atoms with Crippen molar-refractivity contribution in [2.24, 2.45) is 22.7 Å². The van der Waals surface area contributed by atoms with Crippen molar-refractivity contribution in [2.75, 3.05) is 18.6 Å². The van der Waals surface area contributed by atoms with Crippen molar-refractivity contribution in [1.82, 2.24) is 15.5 Å². The van der Waals surface area contributed by atoms with E-state index in [1.165, 1.54) is 4.90 Å². The Morgan fingerprint density at radius 2 is 1.81 bits per heavy atom. The summed E-state index contributed by atoms with van der Waals surface area (Å²) < 4.78 is 38.6. The smallest absolute Gasteiger partial charge is 0.341 e. The van der Waals surface area contributed by atoms with Crippen LogP contribution in [-0.4, -0.2) is 65.5 Å². The van der Waals surface area contributed by atoms with Crippen LogP contribution in [0.4, 0.5) is 13.2 Å². The topological polar surface area (TPSA) is 78.5 Å². The first-order chi connectivity index (χ1) is 14.6. The quantitative estimate of drug-likeness (QED) is 0.555. The third-order valence-corrected chi connectivity index (χ3v) is 7.18. The predicted molar refractivity (Wildman–Crippen MR) is 117 cm³/mol.